The average Bonchev–Trinajstić information content (AvgIpc) is 2.68. The van der Waals surface area contributed by atoms with Gasteiger partial charge in [0.05, 0.1) is 32.4 Å². The molecule has 0 radical (unpaired) electrons. The first kappa shape index (κ1) is 20.0. The van der Waals surface area contributed by atoms with Crippen LogP contribution in [0.1, 0.15) is 30.5 Å². The van der Waals surface area contributed by atoms with Crippen LogP contribution < -0.4 is 15.5 Å². The molecule has 7 nitrogen and oxygen atoms in total. The summed E-state index contributed by atoms with van der Waals surface area (Å²) in [4.78, 5) is 24.0. The number of alkyl carbamates (subject to hydrolysis) is 1. The number of hydrogen-bond acceptors (Lipinski definition) is 5. The lowest BCUT2D eigenvalue weighted by Crippen LogP contribution is -2.33. The number of nitrogens with zero attached hydrogens (tertiary/aromatic N) is 1. The van der Waals surface area contributed by atoms with E-state index in [1.807, 2.05) is 48.5 Å². The van der Waals surface area contributed by atoms with Crippen LogP contribution in [0.4, 0.5) is 4.79 Å². The molecule has 0 aromatic heterocycles. The number of amides is 2. The van der Waals surface area contributed by atoms with Gasteiger partial charge in [0.2, 0.25) is 5.91 Å². The molecule has 0 fully saturated rings. The lowest BCUT2D eigenvalue weighted by molar-refractivity contribution is -0.121. The number of methoxy groups -OCH3 is 1. The number of hydrogen-bond donors (Lipinski definition) is 2. The van der Waals surface area contributed by atoms with Crippen molar-refractivity contribution in [3.8, 4) is 5.75 Å². The summed E-state index contributed by atoms with van der Waals surface area (Å²) in [5, 5.41) is 6.66. The molecule has 0 bridgehead atoms. The van der Waals surface area contributed by atoms with E-state index in [0.717, 1.165) is 11.1 Å². The van der Waals surface area contributed by atoms with Gasteiger partial charge in [-0.3, -0.25) is 4.79 Å². The molecule has 2 aromatic rings. The maximum Gasteiger partial charge on any atom is 0.407 e. The Kier molecular flexibility index (Phi) is 7.84. The van der Waals surface area contributed by atoms with Crippen molar-refractivity contribution < 1.29 is 19.1 Å². The van der Waals surface area contributed by atoms with Gasteiger partial charge < -0.3 is 14.8 Å². The molecule has 0 unspecified atom stereocenters. The fourth-order valence-corrected chi connectivity index (χ4v) is 2.43. The summed E-state index contributed by atoms with van der Waals surface area (Å²) in [5.41, 5.74) is 4.01. The van der Waals surface area contributed by atoms with E-state index in [1.54, 1.807) is 20.1 Å². The summed E-state index contributed by atoms with van der Waals surface area (Å²) in [6, 6.07) is 16.0. The Morgan fingerprint density at radius 3 is 2.52 bits per heavy atom. The van der Waals surface area contributed by atoms with Crippen molar-refractivity contribution >= 4 is 18.2 Å². The molecule has 0 spiro atoms. The van der Waals surface area contributed by atoms with Crippen LogP contribution >= 0.6 is 0 Å². The van der Waals surface area contributed by atoms with Gasteiger partial charge in [0.1, 0.15) is 5.75 Å². The lowest BCUT2D eigenvalue weighted by atomic mass is 10.0. The smallest absolute Gasteiger partial charge is 0.407 e. The third-order valence-electron chi connectivity index (χ3n) is 3.69. The zero-order chi connectivity index (χ0) is 19.5. The second-order valence-electron chi connectivity index (χ2n) is 5.57. The van der Waals surface area contributed by atoms with E-state index >= 15 is 0 Å². The van der Waals surface area contributed by atoms with Crippen LogP contribution in [0.5, 0.6) is 5.75 Å². The van der Waals surface area contributed by atoms with Crippen LogP contribution in [-0.2, 0) is 9.53 Å². The summed E-state index contributed by atoms with van der Waals surface area (Å²) in [7, 11) is 1.57. The van der Waals surface area contributed by atoms with Gasteiger partial charge in [-0.15, -0.1) is 0 Å². The standard InChI is InChI=1S/C20H23N3O4/c1-3-27-20(25)22-17(15-9-5-4-6-10-15)13-19(24)23-21-14-16-11-7-8-12-18(16)26-2/h4-12,14,17H,3,13H2,1-2H3,(H,22,25)(H,23,24)/b21-14-/t17-/m1/s1. The highest BCUT2D eigenvalue weighted by atomic mass is 16.5. The topological polar surface area (TPSA) is 89.0 Å². The minimum atomic E-state index is -0.573. The summed E-state index contributed by atoms with van der Waals surface area (Å²) < 4.78 is 10.1. The van der Waals surface area contributed by atoms with Gasteiger partial charge >= 0.3 is 6.09 Å². The van der Waals surface area contributed by atoms with E-state index < -0.39 is 12.1 Å². The molecule has 0 aliphatic rings. The molecule has 7 heteroatoms. The maximum atomic E-state index is 12.3. The van der Waals surface area contributed by atoms with Crippen LogP contribution in [-0.4, -0.2) is 31.9 Å². The Morgan fingerprint density at radius 1 is 1.11 bits per heavy atom. The minimum absolute atomic E-state index is 0.0199. The van der Waals surface area contributed by atoms with Crippen LogP contribution in [0, 0.1) is 0 Å². The SMILES string of the molecule is CCOC(=O)N[C@H](CC(=O)N/N=C\c1ccccc1OC)c1ccccc1. The molecule has 2 aromatic carbocycles. The first-order valence-corrected chi connectivity index (χ1v) is 8.57. The maximum absolute atomic E-state index is 12.3. The van der Waals surface area contributed by atoms with Gasteiger partial charge in [-0.05, 0) is 24.6 Å². The van der Waals surface area contributed by atoms with Crippen LogP contribution in [0.3, 0.4) is 0 Å². The third kappa shape index (κ3) is 6.47. The minimum Gasteiger partial charge on any atom is -0.496 e. The summed E-state index contributed by atoms with van der Waals surface area (Å²) in [6.07, 6.45) is 0.954. The first-order valence-electron chi connectivity index (χ1n) is 8.57. The van der Waals surface area contributed by atoms with Crippen molar-refractivity contribution in [3.63, 3.8) is 0 Å². The molecule has 0 aliphatic heterocycles. The number of carbonyl (C=O) groups excluding carboxylic acids is 2. The second-order valence-corrected chi connectivity index (χ2v) is 5.57. The monoisotopic (exact) mass is 369 g/mol. The third-order valence-corrected chi connectivity index (χ3v) is 3.69. The van der Waals surface area contributed by atoms with Crippen molar-refractivity contribution in [1.29, 1.82) is 0 Å². The number of rotatable bonds is 8. The molecular formula is C20H23N3O4. The van der Waals surface area contributed by atoms with E-state index in [4.69, 9.17) is 9.47 Å². The highest BCUT2D eigenvalue weighted by Crippen LogP contribution is 2.17. The van der Waals surface area contributed by atoms with E-state index in [2.05, 4.69) is 15.8 Å². The summed E-state index contributed by atoms with van der Waals surface area (Å²) in [6.45, 7) is 1.97. The summed E-state index contributed by atoms with van der Waals surface area (Å²) >= 11 is 0. The summed E-state index contributed by atoms with van der Waals surface area (Å²) in [5.74, 6) is 0.313. The molecule has 0 saturated heterocycles. The molecule has 27 heavy (non-hydrogen) atoms. The predicted octanol–water partition coefficient (Wildman–Crippen LogP) is 3.02. The van der Waals surface area contributed by atoms with Crippen LogP contribution in [0.25, 0.3) is 0 Å². The normalized spacial score (nSPS) is 11.6. The van der Waals surface area contributed by atoms with E-state index in [9.17, 15) is 9.59 Å². The molecule has 0 heterocycles. The molecule has 2 amide bonds. The molecule has 1 atom stereocenters. The lowest BCUT2D eigenvalue weighted by Gasteiger charge is -2.18. The van der Waals surface area contributed by atoms with Gasteiger partial charge in [0.15, 0.2) is 0 Å². The quantitative estimate of drug-likeness (QED) is 0.553. The van der Waals surface area contributed by atoms with Crippen LogP contribution in [0.2, 0.25) is 0 Å². The molecule has 0 aliphatic carbocycles. The number of para-hydroxylation sites is 1. The fraction of sp³-hybridized carbons (Fsp3) is 0.250. The van der Waals surface area contributed by atoms with E-state index in [-0.39, 0.29) is 18.9 Å². The fourth-order valence-electron chi connectivity index (χ4n) is 2.43. The molecule has 2 N–H and O–H groups in total. The van der Waals surface area contributed by atoms with Crippen molar-refractivity contribution in [1.82, 2.24) is 10.7 Å². The van der Waals surface area contributed by atoms with Crippen molar-refractivity contribution in [2.45, 2.75) is 19.4 Å². The molecule has 2 rings (SSSR count). The number of ether oxygens (including phenoxy) is 2. The van der Waals surface area contributed by atoms with Crippen molar-refractivity contribution in [3.05, 3.63) is 65.7 Å². The first-order chi connectivity index (χ1) is 13.1. The Bertz CT molecular complexity index is 778. The molecular weight excluding hydrogens is 346 g/mol. The number of benzene rings is 2. The van der Waals surface area contributed by atoms with E-state index in [0.29, 0.717) is 5.75 Å². The Balaban J connectivity index is 2.00. The van der Waals surface area contributed by atoms with Gasteiger partial charge in [0, 0.05) is 5.56 Å². The number of carbonyl (C=O) groups is 2. The van der Waals surface area contributed by atoms with E-state index in [1.165, 1.54) is 6.21 Å². The highest BCUT2D eigenvalue weighted by Gasteiger charge is 2.18. The zero-order valence-corrected chi connectivity index (χ0v) is 15.3. The Labute approximate surface area is 158 Å². The van der Waals surface area contributed by atoms with Crippen molar-refractivity contribution in [2.75, 3.05) is 13.7 Å². The van der Waals surface area contributed by atoms with Gasteiger partial charge in [-0.1, -0.05) is 42.5 Å². The number of hydrazone groups is 1. The van der Waals surface area contributed by atoms with Gasteiger partial charge in [-0.25, -0.2) is 10.2 Å². The second kappa shape index (κ2) is 10.6. The Hall–Kier alpha value is -3.35. The zero-order valence-electron chi connectivity index (χ0n) is 15.3. The Morgan fingerprint density at radius 2 is 1.81 bits per heavy atom. The van der Waals surface area contributed by atoms with Gasteiger partial charge in [-0.2, -0.15) is 5.10 Å². The van der Waals surface area contributed by atoms with Gasteiger partial charge in [0.25, 0.3) is 0 Å². The average molecular weight is 369 g/mol. The largest absolute Gasteiger partial charge is 0.496 e. The van der Waals surface area contributed by atoms with Crippen LogP contribution in [0.15, 0.2) is 59.7 Å². The number of nitrogens with one attached hydrogen (secondary N) is 2. The highest BCUT2D eigenvalue weighted by molar-refractivity contribution is 5.85. The molecule has 0 saturated carbocycles. The molecule has 142 valence electrons. The predicted molar refractivity (Wildman–Crippen MR) is 103 cm³/mol. The van der Waals surface area contributed by atoms with Crippen molar-refractivity contribution in [2.24, 2.45) is 5.10 Å².